The summed E-state index contributed by atoms with van der Waals surface area (Å²) in [6.45, 7) is 6.09. The summed E-state index contributed by atoms with van der Waals surface area (Å²) in [6.07, 6.45) is 2.08. The first-order valence-electron chi connectivity index (χ1n) is 4.36. The molecule has 1 aliphatic rings. The average molecular weight is 159 g/mol. The van der Waals surface area contributed by atoms with Crippen LogP contribution in [0.5, 0.6) is 0 Å². The average Bonchev–Trinajstić information content (AvgIpc) is 2.43. The van der Waals surface area contributed by atoms with E-state index in [1.54, 1.807) is 0 Å². The van der Waals surface area contributed by atoms with E-state index in [1.165, 1.54) is 16.8 Å². The number of nitrogens with one attached hydrogen (secondary N) is 1. The smallest absolute Gasteiger partial charge is 0.0421 e. The standard InChI is InChI=1S/C11H13N/c1-3-9-4-5-10-6-8(2)12-11(10)7-9/h4-5,7,12H,2-3,6H2,1H3. The largest absolute Gasteiger partial charge is 0.359 e. The van der Waals surface area contributed by atoms with Crippen molar-refractivity contribution in [2.45, 2.75) is 19.8 Å². The number of hydrogen-bond acceptors (Lipinski definition) is 1. The molecular weight excluding hydrogens is 146 g/mol. The van der Waals surface area contributed by atoms with Crippen molar-refractivity contribution >= 4 is 5.69 Å². The molecule has 0 radical (unpaired) electrons. The molecule has 12 heavy (non-hydrogen) atoms. The first kappa shape index (κ1) is 7.41. The van der Waals surface area contributed by atoms with Crippen LogP contribution in [-0.2, 0) is 12.8 Å². The minimum atomic E-state index is 0.985. The van der Waals surface area contributed by atoms with Crippen LogP contribution in [0.15, 0.2) is 30.5 Å². The van der Waals surface area contributed by atoms with E-state index in [4.69, 9.17) is 0 Å². The maximum absolute atomic E-state index is 3.91. The molecule has 1 heterocycles. The summed E-state index contributed by atoms with van der Waals surface area (Å²) in [6, 6.07) is 6.60. The van der Waals surface area contributed by atoms with Gasteiger partial charge in [-0.1, -0.05) is 25.6 Å². The van der Waals surface area contributed by atoms with Gasteiger partial charge < -0.3 is 5.32 Å². The third-order valence-electron chi connectivity index (χ3n) is 2.30. The molecule has 1 heteroatoms. The van der Waals surface area contributed by atoms with Gasteiger partial charge in [-0.2, -0.15) is 0 Å². The van der Waals surface area contributed by atoms with Crippen LogP contribution in [0.2, 0.25) is 0 Å². The predicted molar refractivity (Wildman–Crippen MR) is 52.3 cm³/mol. The molecule has 0 amide bonds. The fourth-order valence-corrected chi connectivity index (χ4v) is 1.58. The Kier molecular flexibility index (Phi) is 1.65. The Morgan fingerprint density at radius 2 is 2.33 bits per heavy atom. The molecule has 0 atom stereocenters. The zero-order chi connectivity index (χ0) is 8.55. The van der Waals surface area contributed by atoms with E-state index in [0.29, 0.717) is 0 Å². The van der Waals surface area contributed by atoms with Crippen molar-refractivity contribution < 1.29 is 0 Å². The van der Waals surface area contributed by atoms with Crippen LogP contribution in [0, 0.1) is 0 Å². The van der Waals surface area contributed by atoms with E-state index < -0.39 is 0 Å². The van der Waals surface area contributed by atoms with Crippen molar-refractivity contribution in [2.24, 2.45) is 0 Å². The van der Waals surface area contributed by atoms with Gasteiger partial charge in [0.05, 0.1) is 0 Å². The molecule has 0 unspecified atom stereocenters. The minimum absolute atomic E-state index is 0.985. The van der Waals surface area contributed by atoms with Crippen LogP contribution < -0.4 is 5.32 Å². The Hall–Kier alpha value is -1.24. The number of fused-ring (bicyclic) bond motifs is 1. The molecule has 0 saturated heterocycles. The van der Waals surface area contributed by atoms with E-state index in [2.05, 4.69) is 37.0 Å². The third kappa shape index (κ3) is 1.11. The molecule has 1 aromatic carbocycles. The lowest BCUT2D eigenvalue weighted by Crippen LogP contribution is -1.88. The Bertz CT molecular complexity index is 326. The molecule has 0 aromatic heterocycles. The Morgan fingerprint density at radius 3 is 3.08 bits per heavy atom. The van der Waals surface area contributed by atoms with E-state index in [9.17, 15) is 0 Å². The predicted octanol–water partition coefficient (Wildman–Crippen LogP) is 2.73. The molecular formula is C11H13N. The van der Waals surface area contributed by atoms with Crippen LogP contribution in [0.4, 0.5) is 5.69 Å². The maximum Gasteiger partial charge on any atom is 0.0421 e. The molecule has 1 N–H and O–H groups in total. The van der Waals surface area contributed by atoms with Gasteiger partial charge in [-0.25, -0.2) is 0 Å². The first-order valence-corrected chi connectivity index (χ1v) is 4.36. The number of allylic oxidation sites excluding steroid dienone is 1. The van der Waals surface area contributed by atoms with Gasteiger partial charge in [-0.15, -0.1) is 0 Å². The van der Waals surface area contributed by atoms with Crippen LogP contribution in [-0.4, -0.2) is 0 Å². The number of rotatable bonds is 1. The molecule has 1 aromatic rings. The summed E-state index contributed by atoms with van der Waals surface area (Å²) in [4.78, 5) is 0. The fourth-order valence-electron chi connectivity index (χ4n) is 1.58. The molecule has 1 nitrogen and oxygen atoms in total. The van der Waals surface area contributed by atoms with Gasteiger partial charge in [-0.05, 0) is 23.6 Å². The maximum atomic E-state index is 3.91. The zero-order valence-electron chi connectivity index (χ0n) is 7.35. The normalized spacial score (nSPS) is 14.2. The first-order chi connectivity index (χ1) is 5.79. The summed E-state index contributed by atoms with van der Waals surface area (Å²) < 4.78 is 0. The summed E-state index contributed by atoms with van der Waals surface area (Å²) in [5.74, 6) is 0. The van der Waals surface area contributed by atoms with Crippen LogP contribution in [0.3, 0.4) is 0 Å². The summed E-state index contributed by atoms with van der Waals surface area (Å²) in [7, 11) is 0. The number of anilines is 1. The highest BCUT2D eigenvalue weighted by Crippen LogP contribution is 2.27. The monoisotopic (exact) mass is 159 g/mol. The Morgan fingerprint density at radius 1 is 1.50 bits per heavy atom. The van der Waals surface area contributed by atoms with Crippen molar-refractivity contribution in [3.05, 3.63) is 41.6 Å². The highest BCUT2D eigenvalue weighted by Gasteiger charge is 2.12. The van der Waals surface area contributed by atoms with E-state index >= 15 is 0 Å². The zero-order valence-corrected chi connectivity index (χ0v) is 7.35. The number of benzene rings is 1. The highest BCUT2D eigenvalue weighted by molar-refractivity contribution is 5.62. The van der Waals surface area contributed by atoms with Crippen LogP contribution >= 0.6 is 0 Å². The minimum Gasteiger partial charge on any atom is -0.359 e. The van der Waals surface area contributed by atoms with Crippen LogP contribution in [0.1, 0.15) is 18.1 Å². The number of aryl methyl sites for hydroxylation is 1. The topological polar surface area (TPSA) is 12.0 Å². The van der Waals surface area contributed by atoms with E-state index in [-0.39, 0.29) is 0 Å². The quantitative estimate of drug-likeness (QED) is 0.664. The van der Waals surface area contributed by atoms with Gasteiger partial charge in [0.1, 0.15) is 0 Å². The highest BCUT2D eigenvalue weighted by atomic mass is 14.9. The fraction of sp³-hybridized carbons (Fsp3) is 0.273. The molecule has 1 aliphatic heterocycles. The summed E-state index contributed by atoms with van der Waals surface area (Å²) >= 11 is 0. The Balaban J connectivity index is 2.41. The molecule has 0 saturated carbocycles. The van der Waals surface area contributed by atoms with Crippen molar-refractivity contribution in [1.82, 2.24) is 0 Å². The number of hydrogen-bond donors (Lipinski definition) is 1. The second-order valence-corrected chi connectivity index (χ2v) is 3.25. The lowest BCUT2D eigenvalue weighted by atomic mass is 10.1. The van der Waals surface area contributed by atoms with Gasteiger partial charge in [0.2, 0.25) is 0 Å². The van der Waals surface area contributed by atoms with Gasteiger partial charge in [0, 0.05) is 17.8 Å². The van der Waals surface area contributed by atoms with E-state index in [1.807, 2.05) is 0 Å². The molecule has 0 fully saturated rings. The second kappa shape index (κ2) is 2.67. The Labute approximate surface area is 73.1 Å². The summed E-state index contributed by atoms with van der Waals surface area (Å²) in [5, 5.41) is 3.28. The lowest BCUT2D eigenvalue weighted by Gasteiger charge is -2.01. The lowest BCUT2D eigenvalue weighted by molar-refractivity contribution is 1.14. The molecule has 0 spiro atoms. The van der Waals surface area contributed by atoms with E-state index in [0.717, 1.165) is 18.5 Å². The van der Waals surface area contributed by atoms with Gasteiger partial charge >= 0.3 is 0 Å². The van der Waals surface area contributed by atoms with Crippen LogP contribution in [0.25, 0.3) is 0 Å². The molecule has 0 aliphatic carbocycles. The van der Waals surface area contributed by atoms with Gasteiger partial charge in [0.15, 0.2) is 0 Å². The van der Waals surface area contributed by atoms with Crippen molar-refractivity contribution in [3.63, 3.8) is 0 Å². The van der Waals surface area contributed by atoms with Gasteiger partial charge in [-0.3, -0.25) is 0 Å². The second-order valence-electron chi connectivity index (χ2n) is 3.25. The van der Waals surface area contributed by atoms with Crippen molar-refractivity contribution in [2.75, 3.05) is 5.32 Å². The third-order valence-corrected chi connectivity index (χ3v) is 2.30. The summed E-state index contributed by atoms with van der Waals surface area (Å²) in [5.41, 5.74) is 5.12. The molecule has 2 rings (SSSR count). The SMILES string of the molecule is C=C1Cc2ccc(CC)cc2N1. The molecule has 62 valence electrons. The van der Waals surface area contributed by atoms with Crippen molar-refractivity contribution in [3.8, 4) is 0 Å². The van der Waals surface area contributed by atoms with Gasteiger partial charge in [0.25, 0.3) is 0 Å². The van der Waals surface area contributed by atoms with Crippen molar-refractivity contribution in [1.29, 1.82) is 0 Å². The molecule has 0 bridgehead atoms.